The summed E-state index contributed by atoms with van der Waals surface area (Å²) in [6, 6.07) is 19.3. The van der Waals surface area contributed by atoms with Crippen LogP contribution in [0.2, 0.25) is 0 Å². The van der Waals surface area contributed by atoms with Crippen LogP contribution in [-0.4, -0.2) is 41.4 Å². The van der Waals surface area contributed by atoms with Gasteiger partial charge in [-0.1, -0.05) is 48.9 Å². The van der Waals surface area contributed by atoms with Gasteiger partial charge < -0.3 is 14.6 Å². The van der Waals surface area contributed by atoms with E-state index in [0.29, 0.717) is 25.1 Å². The van der Waals surface area contributed by atoms with Gasteiger partial charge in [0.1, 0.15) is 0 Å². The zero-order valence-electron chi connectivity index (χ0n) is 16.7. The summed E-state index contributed by atoms with van der Waals surface area (Å²) in [5.41, 5.74) is 0.731. The normalized spacial score (nSPS) is 27.4. The highest BCUT2D eigenvalue weighted by atomic mass is 16.5. The van der Waals surface area contributed by atoms with Crippen molar-refractivity contribution in [3.63, 3.8) is 0 Å². The van der Waals surface area contributed by atoms with E-state index in [4.69, 9.17) is 9.47 Å². The predicted molar refractivity (Wildman–Crippen MR) is 111 cm³/mol. The Balaban J connectivity index is 1.37. The van der Waals surface area contributed by atoms with Crippen LogP contribution < -0.4 is 9.47 Å². The third-order valence-corrected chi connectivity index (χ3v) is 6.35. The standard InChI is InChI=1S/C24H31NO3/c1-27-22-12-5-6-13-23(22)28-15-14-24(26)16-20-10-7-11-21(17-24)25(20)18-19-8-3-2-4-9-19/h2-6,8-9,12-13,20-21,26H,7,10-11,14-18H2,1H3. The Bertz CT molecular complexity index is 749. The summed E-state index contributed by atoms with van der Waals surface area (Å²) in [5, 5.41) is 11.3. The van der Waals surface area contributed by atoms with Crippen LogP contribution in [0, 0.1) is 0 Å². The second-order valence-corrected chi connectivity index (χ2v) is 8.28. The predicted octanol–water partition coefficient (Wildman–Crippen LogP) is 4.41. The lowest BCUT2D eigenvalue weighted by molar-refractivity contribution is -0.103. The molecule has 4 nitrogen and oxygen atoms in total. The number of nitrogens with zero attached hydrogens (tertiary/aromatic N) is 1. The van der Waals surface area contributed by atoms with Gasteiger partial charge in [0.2, 0.25) is 0 Å². The van der Waals surface area contributed by atoms with E-state index in [1.165, 1.54) is 24.8 Å². The molecule has 4 rings (SSSR count). The minimum Gasteiger partial charge on any atom is -0.493 e. The van der Waals surface area contributed by atoms with Gasteiger partial charge in [0.05, 0.1) is 19.3 Å². The molecule has 2 atom stereocenters. The maximum absolute atomic E-state index is 11.3. The van der Waals surface area contributed by atoms with E-state index >= 15 is 0 Å². The quantitative estimate of drug-likeness (QED) is 0.771. The highest BCUT2D eigenvalue weighted by Crippen LogP contribution is 2.41. The summed E-state index contributed by atoms with van der Waals surface area (Å²) in [7, 11) is 1.65. The molecule has 1 N–H and O–H groups in total. The lowest BCUT2D eigenvalue weighted by Gasteiger charge is -2.52. The van der Waals surface area contributed by atoms with Crippen molar-refractivity contribution < 1.29 is 14.6 Å². The third-order valence-electron chi connectivity index (χ3n) is 6.35. The maximum Gasteiger partial charge on any atom is 0.161 e. The summed E-state index contributed by atoms with van der Waals surface area (Å²) in [4.78, 5) is 2.63. The van der Waals surface area contributed by atoms with Crippen LogP contribution in [0.15, 0.2) is 54.6 Å². The summed E-state index contributed by atoms with van der Waals surface area (Å²) in [6.45, 7) is 1.50. The van der Waals surface area contributed by atoms with Crippen molar-refractivity contribution in [2.45, 2.75) is 62.8 Å². The molecular formula is C24H31NO3. The maximum atomic E-state index is 11.3. The first-order valence-corrected chi connectivity index (χ1v) is 10.4. The molecule has 0 spiro atoms. The first-order valence-electron chi connectivity index (χ1n) is 10.4. The average Bonchev–Trinajstić information content (AvgIpc) is 2.70. The topological polar surface area (TPSA) is 41.9 Å². The first kappa shape index (κ1) is 19.3. The highest BCUT2D eigenvalue weighted by molar-refractivity contribution is 5.39. The van der Waals surface area contributed by atoms with Crippen molar-refractivity contribution in [1.82, 2.24) is 4.90 Å². The molecule has 2 aromatic rings. The molecule has 2 aliphatic rings. The Kier molecular flexibility index (Phi) is 5.88. The molecule has 0 saturated carbocycles. The van der Waals surface area contributed by atoms with E-state index in [1.54, 1.807) is 7.11 Å². The molecule has 2 bridgehead atoms. The van der Waals surface area contributed by atoms with E-state index in [2.05, 4.69) is 35.2 Å². The van der Waals surface area contributed by atoms with E-state index in [9.17, 15) is 5.11 Å². The average molecular weight is 382 g/mol. The molecule has 2 saturated heterocycles. The van der Waals surface area contributed by atoms with Gasteiger partial charge in [0.25, 0.3) is 0 Å². The van der Waals surface area contributed by atoms with Gasteiger partial charge in [-0.3, -0.25) is 4.90 Å². The lowest BCUT2D eigenvalue weighted by Crippen LogP contribution is -2.57. The van der Waals surface area contributed by atoms with E-state index in [0.717, 1.165) is 30.9 Å². The molecule has 2 heterocycles. The van der Waals surface area contributed by atoms with Crippen LogP contribution >= 0.6 is 0 Å². The fraction of sp³-hybridized carbons (Fsp3) is 0.500. The van der Waals surface area contributed by atoms with Gasteiger partial charge in [0, 0.05) is 25.0 Å². The molecule has 150 valence electrons. The van der Waals surface area contributed by atoms with Crippen molar-refractivity contribution in [2.75, 3.05) is 13.7 Å². The van der Waals surface area contributed by atoms with Crippen LogP contribution in [0.4, 0.5) is 0 Å². The number of benzene rings is 2. The van der Waals surface area contributed by atoms with Crippen molar-refractivity contribution in [3.05, 3.63) is 60.2 Å². The number of aliphatic hydroxyl groups is 1. The van der Waals surface area contributed by atoms with Crippen LogP contribution in [0.1, 0.15) is 44.1 Å². The van der Waals surface area contributed by atoms with Crippen LogP contribution in [0.5, 0.6) is 11.5 Å². The minimum absolute atomic E-state index is 0.462. The fourth-order valence-corrected chi connectivity index (χ4v) is 4.96. The zero-order valence-corrected chi connectivity index (χ0v) is 16.7. The van der Waals surface area contributed by atoms with Gasteiger partial charge >= 0.3 is 0 Å². The number of methoxy groups -OCH3 is 1. The molecule has 2 fully saturated rings. The Hall–Kier alpha value is -2.04. The molecule has 28 heavy (non-hydrogen) atoms. The fourth-order valence-electron chi connectivity index (χ4n) is 4.96. The van der Waals surface area contributed by atoms with Crippen molar-refractivity contribution >= 4 is 0 Å². The number of rotatable bonds is 7. The van der Waals surface area contributed by atoms with Crippen molar-refractivity contribution in [1.29, 1.82) is 0 Å². The number of fused-ring (bicyclic) bond motifs is 2. The molecule has 4 heteroatoms. The largest absolute Gasteiger partial charge is 0.493 e. The first-order chi connectivity index (χ1) is 13.7. The molecule has 2 aromatic carbocycles. The van der Waals surface area contributed by atoms with Crippen LogP contribution in [0.3, 0.4) is 0 Å². The molecule has 0 amide bonds. The highest BCUT2D eigenvalue weighted by Gasteiger charge is 2.45. The second kappa shape index (κ2) is 8.54. The van der Waals surface area contributed by atoms with Gasteiger partial charge in [-0.2, -0.15) is 0 Å². The summed E-state index contributed by atoms with van der Waals surface area (Å²) in [5.74, 6) is 1.49. The van der Waals surface area contributed by atoms with Gasteiger partial charge in [-0.05, 0) is 43.4 Å². The Labute approximate surface area is 168 Å². The minimum atomic E-state index is -0.634. The third kappa shape index (κ3) is 4.34. The van der Waals surface area contributed by atoms with E-state index in [-0.39, 0.29) is 0 Å². The molecule has 2 unspecified atom stereocenters. The smallest absolute Gasteiger partial charge is 0.161 e. The van der Waals surface area contributed by atoms with Crippen molar-refractivity contribution in [3.8, 4) is 11.5 Å². The Morgan fingerprint density at radius 2 is 1.61 bits per heavy atom. The molecule has 0 aromatic heterocycles. The summed E-state index contributed by atoms with van der Waals surface area (Å²) >= 11 is 0. The molecule has 0 aliphatic carbocycles. The monoisotopic (exact) mass is 381 g/mol. The summed E-state index contributed by atoms with van der Waals surface area (Å²) < 4.78 is 11.3. The van der Waals surface area contributed by atoms with Crippen molar-refractivity contribution in [2.24, 2.45) is 0 Å². The molecule has 0 radical (unpaired) electrons. The van der Waals surface area contributed by atoms with Crippen LogP contribution in [0.25, 0.3) is 0 Å². The van der Waals surface area contributed by atoms with E-state index in [1.807, 2.05) is 24.3 Å². The van der Waals surface area contributed by atoms with Gasteiger partial charge in [-0.15, -0.1) is 0 Å². The Morgan fingerprint density at radius 3 is 2.29 bits per heavy atom. The SMILES string of the molecule is COc1ccccc1OCCC1(O)CC2CCCC(C1)N2Cc1ccccc1. The van der Waals surface area contributed by atoms with Gasteiger partial charge in [-0.25, -0.2) is 0 Å². The zero-order chi connectivity index (χ0) is 19.4. The summed E-state index contributed by atoms with van der Waals surface area (Å²) in [6.07, 6.45) is 5.97. The number of para-hydroxylation sites is 2. The van der Waals surface area contributed by atoms with Gasteiger partial charge in [0.15, 0.2) is 11.5 Å². The molecular weight excluding hydrogens is 350 g/mol. The number of piperidine rings is 2. The Morgan fingerprint density at radius 1 is 0.964 bits per heavy atom. The van der Waals surface area contributed by atoms with E-state index < -0.39 is 5.60 Å². The number of hydrogen-bond acceptors (Lipinski definition) is 4. The number of ether oxygens (including phenoxy) is 2. The second-order valence-electron chi connectivity index (χ2n) is 8.28. The number of hydrogen-bond donors (Lipinski definition) is 1. The molecule has 2 aliphatic heterocycles. The lowest BCUT2D eigenvalue weighted by atomic mass is 9.74. The van der Waals surface area contributed by atoms with Crippen LogP contribution in [-0.2, 0) is 6.54 Å².